The molecule has 0 saturated heterocycles. The van der Waals surface area contributed by atoms with Crippen molar-refractivity contribution in [2.45, 2.75) is 75.5 Å². The number of carbonyl (C=O) groups is 9. The second-order valence-electron chi connectivity index (χ2n) is 19.0. The highest BCUT2D eigenvalue weighted by molar-refractivity contribution is 6.08. The minimum Gasteiger partial charge on any atom is -0.496 e. The van der Waals surface area contributed by atoms with Gasteiger partial charge in [0.15, 0.2) is 17.9 Å². The molecule has 4 atom stereocenters. The van der Waals surface area contributed by atoms with Gasteiger partial charge in [-0.15, -0.1) is 0 Å². The van der Waals surface area contributed by atoms with Crippen LogP contribution in [0.1, 0.15) is 92.8 Å². The fraction of sp³-hybridized carbons (Fsp3) is 0.345. The minimum absolute atomic E-state index is 0.000652. The largest absolute Gasteiger partial charge is 0.496 e. The zero-order chi connectivity index (χ0) is 64.3. The molecule has 0 spiro atoms. The minimum atomic E-state index is -1.56. The number of guanidine groups is 3. The lowest BCUT2D eigenvalue weighted by Gasteiger charge is -2.21. The molecule has 0 radical (unpaired) electrons. The average Bonchev–Trinajstić information content (AvgIpc) is 2.94. The molecule has 0 heterocycles. The monoisotopic (exact) mass is 1210 g/mol. The van der Waals surface area contributed by atoms with Gasteiger partial charge in [-0.2, -0.15) is 0 Å². The Bertz CT molecular complexity index is 3200. The van der Waals surface area contributed by atoms with E-state index in [0.717, 1.165) is 0 Å². The quantitative estimate of drug-likeness (QED) is 0.0166. The molecule has 0 saturated carbocycles. The molecule has 0 aliphatic carbocycles. The van der Waals surface area contributed by atoms with Crippen LogP contribution < -0.4 is 101 Å². The van der Waals surface area contributed by atoms with Crippen molar-refractivity contribution < 1.29 is 67.2 Å². The molecular weight excluding hydrogens is 1140 g/mol. The molecule has 0 aromatic heterocycles. The first-order chi connectivity index (χ1) is 41.4. The third-order valence-corrected chi connectivity index (χ3v) is 12.7. The standard InChI is InChI=1S/C55H74N18O14/c1-84-40-16-11-28(24-32(40)45(57)76)68-50(81)37(9-6-22-65-54(60)61)71-47(78)34-27-31(14-19-42(34)86-3)70-52(83)39(15-20-44(74)75)73-48(79)35-26-30(13-18-43(35)87-4)69-51(82)38(10-7-23-66-55(62)63)72-46(77)33-25-29(12-17-41(33)85-2)67-49(80)36(56)8-5-21-64-53(58)59/h11-14,16-19,24-27,36-39H,5-10,15,20-23,56H2,1-4H3,(H2,57,76)(H,67,80)(H,68,81)(H,69,82)(H,70,83)(H,71,78)(H,72,77)(H,73,79)(H,74,75)(H4,58,59,64)(H4,60,61,65)(H4,62,63,66)/t36-,37-,38-,39-/m0/s1. The Balaban J connectivity index is 1.57. The van der Waals surface area contributed by atoms with Gasteiger partial charge in [0.2, 0.25) is 23.6 Å². The first kappa shape index (κ1) is 68.6. The van der Waals surface area contributed by atoms with E-state index in [4.69, 9.17) is 63.8 Å². The Morgan fingerprint density at radius 2 is 0.724 bits per heavy atom. The van der Waals surface area contributed by atoms with Crippen molar-refractivity contribution in [1.29, 1.82) is 16.2 Å². The summed E-state index contributed by atoms with van der Waals surface area (Å²) in [6.45, 7) is 0.592. The summed E-state index contributed by atoms with van der Waals surface area (Å²) in [5.74, 6) is -8.46. The molecule has 24 N–H and O–H groups in total. The lowest BCUT2D eigenvalue weighted by molar-refractivity contribution is -0.137. The van der Waals surface area contributed by atoms with Crippen molar-refractivity contribution in [3.8, 4) is 23.0 Å². The highest BCUT2D eigenvalue weighted by Crippen LogP contribution is 2.28. The number of benzene rings is 4. The van der Waals surface area contributed by atoms with Crippen molar-refractivity contribution in [1.82, 2.24) is 31.9 Å². The number of hydrogen-bond donors (Lipinski definition) is 19. The molecule has 0 aliphatic rings. The summed E-state index contributed by atoms with van der Waals surface area (Å²) in [5.41, 5.74) is 27.5. The van der Waals surface area contributed by atoms with Crippen LogP contribution in [0.2, 0.25) is 0 Å². The number of carboxylic acids is 1. The number of ether oxygens (including phenoxy) is 4. The van der Waals surface area contributed by atoms with Crippen molar-refractivity contribution in [2.24, 2.45) is 28.7 Å². The van der Waals surface area contributed by atoms with Crippen LogP contribution in [0.3, 0.4) is 0 Å². The van der Waals surface area contributed by atoms with Crippen LogP contribution in [-0.4, -0.2) is 148 Å². The van der Waals surface area contributed by atoms with E-state index in [1.807, 2.05) is 0 Å². The van der Waals surface area contributed by atoms with Crippen LogP contribution in [0.15, 0.2) is 72.8 Å². The predicted octanol–water partition coefficient (Wildman–Crippen LogP) is -0.0484. The maximum atomic E-state index is 14.2. The Morgan fingerprint density at radius 1 is 0.437 bits per heavy atom. The van der Waals surface area contributed by atoms with E-state index in [-0.39, 0.29) is 131 Å². The number of primary amides is 1. The van der Waals surface area contributed by atoms with Gasteiger partial charge in [0, 0.05) is 48.8 Å². The number of nitrogens with one attached hydrogen (secondary N) is 13. The van der Waals surface area contributed by atoms with E-state index in [9.17, 15) is 48.3 Å². The van der Waals surface area contributed by atoms with Gasteiger partial charge in [-0.3, -0.25) is 59.4 Å². The third kappa shape index (κ3) is 22.0. The normalized spacial score (nSPS) is 11.9. The maximum absolute atomic E-state index is 14.2. The molecule has 0 aliphatic heterocycles. The number of rotatable bonds is 34. The lowest BCUT2D eigenvalue weighted by atomic mass is 10.1. The smallest absolute Gasteiger partial charge is 0.303 e. The van der Waals surface area contributed by atoms with Gasteiger partial charge in [-0.05, 0) is 118 Å². The number of anilines is 4. The van der Waals surface area contributed by atoms with Gasteiger partial charge in [0.05, 0.1) is 56.7 Å². The lowest BCUT2D eigenvalue weighted by Crippen LogP contribution is -2.45. The summed E-state index contributed by atoms with van der Waals surface area (Å²) < 4.78 is 21.5. The SMILES string of the molecule is COc1ccc(NC(=O)[C@H](CCCNC(=N)N)NC(=O)c2cc(NC(=O)[C@H](CCC(=O)O)NC(=O)c3cc(NC(=O)[C@H](CCCNC(=N)N)NC(=O)c4cc(NC(=O)[C@@H](N)CCCNC(=N)N)ccc4OC)ccc3OC)ccc2OC)cc1C(N)=O. The van der Waals surface area contributed by atoms with Gasteiger partial charge in [-0.1, -0.05) is 0 Å². The van der Waals surface area contributed by atoms with E-state index in [1.54, 1.807) is 0 Å². The molecule has 87 heavy (non-hydrogen) atoms. The van der Waals surface area contributed by atoms with Gasteiger partial charge in [0.1, 0.15) is 41.1 Å². The van der Waals surface area contributed by atoms with Gasteiger partial charge < -0.3 is 106 Å². The molecule has 4 rings (SSSR count). The molecule has 0 bridgehead atoms. The maximum Gasteiger partial charge on any atom is 0.303 e. The van der Waals surface area contributed by atoms with E-state index < -0.39 is 90.2 Å². The third-order valence-electron chi connectivity index (χ3n) is 12.7. The van der Waals surface area contributed by atoms with Crippen LogP contribution in [0.25, 0.3) is 0 Å². The average molecular weight is 1210 g/mol. The first-order valence-corrected chi connectivity index (χ1v) is 26.8. The zero-order valence-electron chi connectivity index (χ0n) is 48.2. The van der Waals surface area contributed by atoms with Crippen LogP contribution in [-0.2, 0) is 24.0 Å². The molecule has 32 heteroatoms. The van der Waals surface area contributed by atoms with Crippen molar-refractivity contribution >= 4 is 93.9 Å². The molecule has 8 amide bonds. The number of aliphatic carboxylic acids is 1. The summed E-state index contributed by atoms with van der Waals surface area (Å²) in [6, 6.07) is 11.2. The first-order valence-electron chi connectivity index (χ1n) is 26.8. The Hall–Kier alpha value is -10.9. The van der Waals surface area contributed by atoms with Crippen molar-refractivity contribution in [2.75, 3.05) is 69.3 Å². The fourth-order valence-corrected chi connectivity index (χ4v) is 8.31. The van der Waals surface area contributed by atoms with Crippen molar-refractivity contribution in [3.05, 3.63) is 95.1 Å². The number of carboxylic acid groups (broad SMARTS) is 1. The number of carbonyl (C=O) groups excluding carboxylic acids is 8. The van der Waals surface area contributed by atoms with Crippen LogP contribution in [0.4, 0.5) is 22.7 Å². The molecule has 4 aromatic carbocycles. The van der Waals surface area contributed by atoms with E-state index in [2.05, 4.69) is 53.2 Å². The van der Waals surface area contributed by atoms with Crippen LogP contribution in [0.5, 0.6) is 23.0 Å². The molecule has 4 aromatic rings. The number of amides is 8. The number of hydrogen-bond acceptors (Lipinski definition) is 17. The second kappa shape index (κ2) is 34.0. The summed E-state index contributed by atoms with van der Waals surface area (Å²) in [6.07, 6.45) is -0.00491. The molecule has 0 unspecified atom stereocenters. The summed E-state index contributed by atoms with van der Waals surface area (Å²) in [4.78, 5) is 121. The van der Waals surface area contributed by atoms with Crippen LogP contribution >= 0.6 is 0 Å². The summed E-state index contributed by atoms with van der Waals surface area (Å²) in [5, 5.41) is 58.2. The second-order valence-corrected chi connectivity index (χ2v) is 19.0. The number of methoxy groups -OCH3 is 4. The predicted molar refractivity (Wildman–Crippen MR) is 321 cm³/mol. The van der Waals surface area contributed by atoms with E-state index in [1.165, 1.54) is 101 Å². The fourth-order valence-electron chi connectivity index (χ4n) is 8.31. The van der Waals surface area contributed by atoms with Gasteiger partial charge >= 0.3 is 5.97 Å². The number of nitrogens with two attached hydrogens (primary N) is 5. The summed E-state index contributed by atoms with van der Waals surface area (Å²) in [7, 11) is 5.16. The topological polar surface area (TPSA) is 533 Å². The van der Waals surface area contributed by atoms with Gasteiger partial charge in [-0.25, -0.2) is 0 Å². The molecule has 32 nitrogen and oxygen atoms in total. The summed E-state index contributed by atoms with van der Waals surface area (Å²) >= 11 is 0. The van der Waals surface area contributed by atoms with Crippen LogP contribution in [0, 0.1) is 16.2 Å². The molecular formula is C55H74N18O14. The van der Waals surface area contributed by atoms with E-state index >= 15 is 0 Å². The van der Waals surface area contributed by atoms with Gasteiger partial charge in [0.25, 0.3) is 23.6 Å². The Labute approximate surface area is 499 Å². The highest BCUT2D eigenvalue weighted by Gasteiger charge is 2.29. The van der Waals surface area contributed by atoms with Crippen molar-refractivity contribution in [3.63, 3.8) is 0 Å². The zero-order valence-corrected chi connectivity index (χ0v) is 48.2. The Kier molecular flexibility index (Phi) is 26.8. The highest BCUT2D eigenvalue weighted by atomic mass is 16.5. The molecule has 468 valence electrons. The Morgan fingerprint density at radius 3 is 1.02 bits per heavy atom. The molecule has 0 fully saturated rings. The van der Waals surface area contributed by atoms with E-state index in [0.29, 0.717) is 13.0 Å².